The van der Waals surface area contributed by atoms with Gasteiger partial charge in [-0.05, 0) is 12.8 Å². The van der Waals surface area contributed by atoms with Crippen LogP contribution in [0.25, 0.3) is 0 Å². The zero-order valence-corrected chi connectivity index (χ0v) is 11.2. The lowest BCUT2D eigenvalue weighted by atomic mass is 10.2. The van der Waals surface area contributed by atoms with Crippen LogP contribution in [0.1, 0.15) is 48.9 Å². The molecule has 1 aliphatic rings. The normalized spacial score (nSPS) is 14.5. The van der Waals surface area contributed by atoms with Crippen molar-refractivity contribution < 1.29 is 14.1 Å². The third kappa shape index (κ3) is 3.81. The van der Waals surface area contributed by atoms with Crippen molar-refractivity contribution in [2.75, 3.05) is 13.1 Å². The molecule has 0 atom stereocenters. The SMILES string of the molecule is CC(C)C(=O)NCCNC(=O)c1cc(C2CC2)on1. The Kier molecular flexibility index (Phi) is 4.19. The van der Waals surface area contributed by atoms with E-state index in [1.165, 1.54) is 0 Å². The Labute approximate surface area is 111 Å². The maximum Gasteiger partial charge on any atom is 0.273 e. The lowest BCUT2D eigenvalue weighted by Crippen LogP contribution is -2.36. The Morgan fingerprint density at radius 2 is 2.05 bits per heavy atom. The van der Waals surface area contributed by atoms with E-state index in [2.05, 4.69) is 15.8 Å². The maximum absolute atomic E-state index is 11.7. The Morgan fingerprint density at radius 3 is 2.68 bits per heavy atom. The first kappa shape index (κ1) is 13.6. The predicted octanol–water partition coefficient (Wildman–Crippen LogP) is 1.05. The van der Waals surface area contributed by atoms with Crippen molar-refractivity contribution in [1.82, 2.24) is 15.8 Å². The van der Waals surface area contributed by atoms with Gasteiger partial charge in [-0.15, -0.1) is 0 Å². The van der Waals surface area contributed by atoms with Crippen molar-refractivity contribution in [1.29, 1.82) is 0 Å². The highest BCUT2D eigenvalue weighted by molar-refractivity contribution is 5.92. The highest BCUT2D eigenvalue weighted by Crippen LogP contribution is 2.40. The van der Waals surface area contributed by atoms with Crippen molar-refractivity contribution >= 4 is 11.8 Å². The van der Waals surface area contributed by atoms with Gasteiger partial charge in [0, 0.05) is 31.0 Å². The van der Waals surface area contributed by atoms with Crippen LogP contribution < -0.4 is 10.6 Å². The summed E-state index contributed by atoms with van der Waals surface area (Å²) in [4.78, 5) is 23.0. The maximum atomic E-state index is 11.7. The van der Waals surface area contributed by atoms with Crippen LogP contribution in [0, 0.1) is 5.92 Å². The van der Waals surface area contributed by atoms with Gasteiger partial charge in [0.1, 0.15) is 5.76 Å². The molecule has 104 valence electrons. The number of nitrogens with zero attached hydrogens (tertiary/aromatic N) is 1. The second-order valence-electron chi connectivity index (χ2n) is 5.09. The average Bonchev–Trinajstić information content (AvgIpc) is 3.11. The molecule has 6 nitrogen and oxygen atoms in total. The molecule has 19 heavy (non-hydrogen) atoms. The molecule has 1 fully saturated rings. The predicted molar refractivity (Wildman–Crippen MR) is 68.7 cm³/mol. The number of carbonyl (C=O) groups excluding carboxylic acids is 2. The fourth-order valence-electron chi connectivity index (χ4n) is 1.61. The van der Waals surface area contributed by atoms with Gasteiger partial charge < -0.3 is 15.2 Å². The number of hydrogen-bond acceptors (Lipinski definition) is 4. The van der Waals surface area contributed by atoms with Crippen LogP contribution in [0.3, 0.4) is 0 Å². The number of nitrogens with one attached hydrogen (secondary N) is 2. The van der Waals surface area contributed by atoms with Gasteiger partial charge in [0.2, 0.25) is 5.91 Å². The molecule has 1 aromatic heterocycles. The van der Waals surface area contributed by atoms with Crippen molar-refractivity contribution in [3.8, 4) is 0 Å². The van der Waals surface area contributed by atoms with Crippen LogP contribution in [0.15, 0.2) is 10.6 Å². The van der Waals surface area contributed by atoms with Crippen LogP contribution in [-0.4, -0.2) is 30.1 Å². The van der Waals surface area contributed by atoms with E-state index in [0.29, 0.717) is 24.7 Å². The standard InChI is InChI=1S/C13H19N3O3/c1-8(2)12(17)14-5-6-15-13(18)10-7-11(19-16-10)9-3-4-9/h7-9H,3-6H2,1-2H3,(H,14,17)(H,15,18). The number of rotatable bonds is 6. The first-order valence-electron chi connectivity index (χ1n) is 6.60. The van der Waals surface area contributed by atoms with E-state index in [9.17, 15) is 9.59 Å². The largest absolute Gasteiger partial charge is 0.360 e. The summed E-state index contributed by atoms with van der Waals surface area (Å²) < 4.78 is 5.11. The van der Waals surface area contributed by atoms with Crippen LogP contribution in [0.5, 0.6) is 0 Å². The molecule has 6 heteroatoms. The summed E-state index contributed by atoms with van der Waals surface area (Å²) in [5.74, 6) is 0.895. The summed E-state index contributed by atoms with van der Waals surface area (Å²) in [7, 11) is 0. The minimum Gasteiger partial charge on any atom is -0.360 e. The molecule has 0 aliphatic heterocycles. The third-order valence-electron chi connectivity index (χ3n) is 2.97. The van der Waals surface area contributed by atoms with Crippen molar-refractivity contribution in [3.05, 3.63) is 17.5 Å². The van der Waals surface area contributed by atoms with Gasteiger partial charge in [-0.25, -0.2) is 0 Å². The fraction of sp³-hybridized carbons (Fsp3) is 0.615. The van der Waals surface area contributed by atoms with Crippen molar-refractivity contribution in [3.63, 3.8) is 0 Å². The van der Waals surface area contributed by atoms with Crippen LogP contribution in [0.2, 0.25) is 0 Å². The number of carbonyl (C=O) groups is 2. The van der Waals surface area contributed by atoms with E-state index in [-0.39, 0.29) is 17.7 Å². The molecular weight excluding hydrogens is 246 g/mol. The number of hydrogen-bond donors (Lipinski definition) is 2. The Balaban J connectivity index is 1.70. The molecule has 0 radical (unpaired) electrons. The van der Waals surface area contributed by atoms with E-state index in [1.807, 2.05) is 13.8 Å². The van der Waals surface area contributed by atoms with Gasteiger partial charge in [0.25, 0.3) is 5.91 Å². The molecule has 0 aromatic carbocycles. The summed E-state index contributed by atoms with van der Waals surface area (Å²) in [6.45, 7) is 4.43. The van der Waals surface area contributed by atoms with E-state index in [0.717, 1.165) is 18.6 Å². The van der Waals surface area contributed by atoms with Crippen LogP contribution >= 0.6 is 0 Å². The van der Waals surface area contributed by atoms with Crippen LogP contribution in [-0.2, 0) is 4.79 Å². The molecule has 2 rings (SSSR count). The third-order valence-corrected chi connectivity index (χ3v) is 2.97. The molecule has 0 spiro atoms. The molecule has 0 bridgehead atoms. The fourth-order valence-corrected chi connectivity index (χ4v) is 1.61. The second-order valence-corrected chi connectivity index (χ2v) is 5.09. The Morgan fingerprint density at radius 1 is 1.37 bits per heavy atom. The van der Waals surface area contributed by atoms with E-state index >= 15 is 0 Å². The van der Waals surface area contributed by atoms with E-state index < -0.39 is 0 Å². The lowest BCUT2D eigenvalue weighted by molar-refractivity contribution is -0.123. The van der Waals surface area contributed by atoms with Gasteiger partial charge in [-0.3, -0.25) is 9.59 Å². The van der Waals surface area contributed by atoms with Gasteiger partial charge in [0.05, 0.1) is 0 Å². The molecular formula is C13H19N3O3. The monoisotopic (exact) mass is 265 g/mol. The van der Waals surface area contributed by atoms with Gasteiger partial charge in [-0.2, -0.15) is 0 Å². The second kappa shape index (κ2) is 5.86. The van der Waals surface area contributed by atoms with Gasteiger partial charge in [0.15, 0.2) is 5.69 Å². The van der Waals surface area contributed by atoms with Gasteiger partial charge >= 0.3 is 0 Å². The average molecular weight is 265 g/mol. The molecule has 1 aliphatic carbocycles. The highest BCUT2D eigenvalue weighted by atomic mass is 16.5. The topological polar surface area (TPSA) is 84.2 Å². The van der Waals surface area contributed by atoms with Crippen molar-refractivity contribution in [2.24, 2.45) is 5.92 Å². The Bertz CT molecular complexity index is 463. The minimum absolute atomic E-state index is 0.0216. The molecule has 1 saturated carbocycles. The molecule has 2 amide bonds. The Hall–Kier alpha value is -1.85. The number of amides is 2. The molecule has 0 saturated heterocycles. The first-order chi connectivity index (χ1) is 9.08. The summed E-state index contributed by atoms with van der Waals surface area (Å²) in [6, 6.07) is 1.69. The summed E-state index contributed by atoms with van der Waals surface area (Å²) in [5.41, 5.74) is 0.303. The zero-order chi connectivity index (χ0) is 13.8. The highest BCUT2D eigenvalue weighted by Gasteiger charge is 2.28. The molecule has 0 unspecified atom stereocenters. The quantitative estimate of drug-likeness (QED) is 0.753. The number of aromatic nitrogens is 1. The lowest BCUT2D eigenvalue weighted by Gasteiger charge is -2.07. The zero-order valence-electron chi connectivity index (χ0n) is 11.2. The molecule has 1 aromatic rings. The van der Waals surface area contributed by atoms with E-state index in [4.69, 9.17) is 4.52 Å². The van der Waals surface area contributed by atoms with E-state index in [1.54, 1.807) is 6.07 Å². The minimum atomic E-state index is -0.269. The molecule has 1 heterocycles. The smallest absolute Gasteiger partial charge is 0.273 e. The summed E-state index contributed by atoms with van der Waals surface area (Å²) in [5, 5.41) is 9.16. The molecule has 2 N–H and O–H groups in total. The van der Waals surface area contributed by atoms with Crippen molar-refractivity contribution in [2.45, 2.75) is 32.6 Å². The van der Waals surface area contributed by atoms with Crippen LogP contribution in [0.4, 0.5) is 0 Å². The summed E-state index contributed by atoms with van der Waals surface area (Å²) >= 11 is 0. The summed E-state index contributed by atoms with van der Waals surface area (Å²) in [6.07, 6.45) is 2.22. The first-order valence-corrected chi connectivity index (χ1v) is 6.60. The van der Waals surface area contributed by atoms with Gasteiger partial charge in [-0.1, -0.05) is 19.0 Å².